The van der Waals surface area contributed by atoms with Gasteiger partial charge < -0.3 is 5.32 Å². The molecule has 4 fully saturated rings. The first kappa shape index (κ1) is 13.8. The molecule has 1 aromatic rings. The van der Waals surface area contributed by atoms with Crippen molar-refractivity contribution in [1.82, 2.24) is 5.32 Å². The first-order valence-electron chi connectivity index (χ1n) is 9.13. The van der Waals surface area contributed by atoms with Crippen LogP contribution in [0.1, 0.15) is 57.1 Å². The highest BCUT2D eigenvalue weighted by Gasteiger charge is 2.50. The Morgan fingerprint density at radius 1 is 0.952 bits per heavy atom. The summed E-state index contributed by atoms with van der Waals surface area (Å²) in [5, 5.41) is 3.91. The Bertz CT molecular complexity index is 438. The molecule has 1 nitrogen and oxygen atoms in total. The van der Waals surface area contributed by atoms with Crippen LogP contribution in [-0.2, 0) is 0 Å². The Hall–Kier alpha value is -0.820. The SMILES string of the molecule is CCCNC(c1ccccc1)C1C2CC3CC(C2)CC1C3. The second-order valence-corrected chi connectivity index (χ2v) is 7.85. The molecule has 4 bridgehead atoms. The van der Waals surface area contributed by atoms with Crippen LogP contribution in [0.3, 0.4) is 0 Å². The van der Waals surface area contributed by atoms with Gasteiger partial charge in [-0.1, -0.05) is 37.3 Å². The van der Waals surface area contributed by atoms with Crippen molar-refractivity contribution < 1.29 is 0 Å². The topological polar surface area (TPSA) is 12.0 Å². The fraction of sp³-hybridized carbons (Fsp3) is 0.700. The van der Waals surface area contributed by atoms with Gasteiger partial charge in [0.25, 0.3) is 0 Å². The van der Waals surface area contributed by atoms with E-state index in [1.807, 2.05) is 0 Å². The molecule has 114 valence electrons. The molecule has 1 aromatic carbocycles. The zero-order chi connectivity index (χ0) is 14.2. The molecule has 0 amide bonds. The lowest BCUT2D eigenvalue weighted by Crippen LogP contribution is -2.49. The van der Waals surface area contributed by atoms with Gasteiger partial charge in [-0.25, -0.2) is 0 Å². The Morgan fingerprint density at radius 3 is 2.14 bits per heavy atom. The molecule has 4 aliphatic rings. The predicted octanol–water partition coefficient (Wildman–Crippen LogP) is 4.80. The summed E-state index contributed by atoms with van der Waals surface area (Å²) in [7, 11) is 0. The Balaban J connectivity index is 1.61. The number of hydrogen-bond donors (Lipinski definition) is 1. The average Bonchev–Trinajstić information content (AvgIpc) is 2.50. The van der Waals surface area contributed by atoms with E-state index in [1.165, 1.54) is 37.7 Å². The van der Waals surface area contributed by atoms with Crippen molar-refractivity contribution in [1.29, 1.82) is 0 Å². The molecule has 21 heavy (non-hydrogen) atoms. The van der Waals surface area contributed by atoms with Crippen LogP contribution in [-0.4, -0.2) is 6.54 Å². The molecule has 0 spiro atoms. The van der Waals surface area contributed by atoms with E-state index in [0.29, 0.717) is 6.04 Å². The number of hydrogen-bond acceptors (Lipinski definition) is 1. The van der Waals surface area contributed by atoms with E-state index in [9.17, 15) is 0 Å². The van der Waals surface area contributed by atoms with E-state index in [-0.39, 0.29) is 0 Å². The molecule has 0 radical (unpaired) electrons. The molecule has 1 atom stereocenters. The first-order valence-corrected chi connectivity index (χ1v) is 9.13. The summed E-state index contributed by atoms with van der Waals surface area (Å²) in [6.07, 6.45) is 8.88. The molecule has 1 heteroatoms. The van der Waals surface area contributed by atoms with Gasteiger partial charge in [0.05, 0.1) is 0 Å². The second kappa shape index (κ2) is 5.76. The molecular formula is C20H29N. The zero-order valence-electron chi connectivity index (χ0n) is 13.3. The van der Waals surface area contributed by atoms with Crippen molar-refractivity contribution in [3.8, 4) is 0 Å². The maximum absolute atomic E-state index is 3.91. The van der Waals surface area contributed by atoms with Crippen molar-refractivity contribution >= 4 is 0 Å². The van der Waals surface area contributed by atoms with Gasteiger partial charge in [-0.2, -0.15) is 0 Å². The van der Waals surface area contributed by atoms with E-state index in [1.54, 1.807) is 6.42 Å². The minimum Gasteiger partial charge on any atom is -0.310 e. The van der Waals surface area contributed by atoms with Crippen LogP contribution in [0.15, 0.2) is 30.3 Å². The third kappa shape index (κ3) is 2.54. The van der Waals surface area contributed by atoms with Crippen molar-refractivity contribution in [3.63, 3.8) is 0 Å². The van der Waals surface area contributed by atoms with Crippen LogP contribution < -0.4 is 5.32 Å². The lowest BCUT2D eigenvalue weighted by molar-refractivity contribution is -0.0524. The summed E-state index contributed by atoms with van der Waals surface area (Å²) in [6, 6.07) is 11.9. The summed E-state index contributed by atoms with van der Waals surface area (Å²) in [5.41, 5.74) is 1.53. The molecule has 1 unspecified atom stereocenters. The summed E-state index contributed by atoms with van der Waals surface area (Å²) in [6.45, 7) is 3.44. The molecule has 5 rings (SSSR count). The Kier molecular flexibility index (Phi) is 3.79. The van der Waals surface area contributed by atoms with Gasteiger partial charge in [0.2, 0.25) is 0 Å². The van der Waals surface area contributed by atoms with Crippen LogP contribution in [0.2, 0.25) is 0 Å². The van der Waals surface area contributed by atoms with Gasteiger partial charge in [-0.05, 0) is 80.2 Å². The summed E-state index contributed by atoms with van der Waals surface area (Å²) >= 11 is 0. The molecule has 1 N–H and O–H groups in total. The largest absolute Gasteiger partial charge is 0.310 e. The summed E-state index contributed by atoms with van der Waals surface area (Å²) in [5.74, 6) is 5.04. The first-order chi connectivity index (χ1) is 10.3. The molecule has 0 saturated heterocycles. The van der Waals surface area contributed by atoms with Crippen molar-refractivity contribution in [3.05, 3.63) is 35.9 Å². The molecular weight excluding hydrogens is 254 g/mol. The van der Waals surface area contributed by atoms with Gasteiger partial charge in [0.15, 0.2) is 0 Å². The van der Waals surface area contributed by atoms with Crippen molar-refractivity contribution in [2.45, 2.75) is 51.5 Å². The maximum atomic E-state index is 3.91. The third-order valence-corrected chi connectivity index (χ3v) is 6.46. The smallest absolute Gasteiger partial charge is 0.0353 e. The van der Waals surface area contributed by atoms with Gasteiger partial charge in [0, 0.05) is 6.04 Å². The van der Waals surface area contributed by atoms with E-state index >= 15 is 0 Å². The zero-order valence-corrected chi connectivity index (χ0v) is 13.3. The van der Waals surface area contributed by atoms with E-state index in [0.717, 1.165) is 36.1 Å². The maximum Gasteiger partial charge on any atom is 0.0353 e. The van der Waals surface area contributed by atoms with Crippen LogP contribution in [0.5, 0.6) is 0 Å². The van der Waals surface area contributed by atoms with Gasteiger partial charge in [0.1, 0.15) is 0 Å². The fourth-order valence-electron chi connectivity index (χ4n) is 5.95. The highest BCUT2D eigenvalue weighted by Crippen LogP contribution is 2.59. The lowest BCUT2D eigenvalue weighted by Gasteiger charge is -2.56. The third-order valence-electron chi connectivity index (χ3n) is 6.46. The van der Waals surface area contributed by atoms with E-state index in [4.69, 9.17) is 0 Å². The predicted molar refractivity (Wildman–Crippen MR) is 88.0 cm³/mol. The number of nitrogens with one attached hydrogen (secondary N) is 1. The quantitative estimate of drug-likeness (QED) is 0.818. The average molecular weight is 283 g/mol. The van der Waals surface area contributed by atoms with Crippen LogP contribution in [0.25, 0.3) is 0 Å². The molecule has 0 aromatic heterocycles. The standard InChI is InChI=1S/C20H29N/c1-2-8-21-20(16-6-4-3-5-7-16)19-17-10-14-9-15(12-17)13-18(19)11-14/h3-7,14-15,17-21H,2,8-13H2,1H3. The molecule has 0 aliphatic heterocycles. The van der Waals surface area contributed by atoms with Crippen molar-refractivity contribution in [2.24, 2.45) is 29.6 Å². The van der Waals surface area contributed by atoms with Gasteiger partial charge >= 0.3 is 0 Å². The normalized spacial score (nSPS) is 38.6. The molecule has 4 aliphatic carbocycles. The molecule has 4 saturated carbocycles. The Morgan fingerprint density at radius 2 is 1.57 bits per heavy atom. The fourth-order valence-corrected chi connectivity index (χ4v) is 5.95. The van der Waals surface area contributed by atoms with Gasteiger partial charge in [-0.3, -0.25) is 0 Å². The van der Waals surface area contributed by atoms with Gasteiger partial charge in [-0.15, -0.1) is 0 Å². The van der Waals surface area contributed by atoms with E-state index in [2.05, 4.69) is 42.6 Å². The molecule has 0 heterocycles. The highest BCUT2D eigenvalue weighted by atomic mass is 14.9. The second-order valence-electron chi connectivity index (χ2n) is 7.85. The van der Waals surface area contributed by atoms with Crippen LogP contribution in [0, 0.1) is 29.6 Å². The Labute approximate surface area is 129 Å². The minimum atomic E-state index is 0.598. The monoisotopic (exact) mass is 283 g/mol. The van der Waals surface area contributed by atoms with Crippen molar-refractivity contribution in [2.75, 3.05) is 6.54 Å². The lowest BCUT2D eigenvalue weighted by atomic mass is 9.50. The highest BCUT2D eigenvalue weighted by molar-refractivity contribution is 5.21. The minimum absolute atomic E-state index is 0.598. The number of benzene rings is 1. The summed E-state index contributed by atoms with van der Waals surface area (Å²) in [4.78, 5) is 0. The van der Waals surface area contributed by atoms with Crippen LogP contribution >= 0.6 is 0 Å². The number of rotatable bonds is 5. The summed E-state index contributed by atoms with van der Waals surface area (Å²) < 4.78 is 0. The van der Waals surface area contributed by atoms with E-state index < -0.39 is 0 Å². The van der Waals surface area contributed by atoms with Crippen LogP contribution in [0.4, 0.5) is 0 Å².